The molecule has 0 aromatic carbocycles. The minimum Gasteiger partial charge on any atom is -0.468 e. The van der Waals surface area contributed by atoms with Gasteiger partial charge in [0.05, 0.1) is 12.8 Å². The highest BCUT2D eigenvalue weighted by Crippen LogP contribution is 2.10. The Morgan fingerprint density at radius 2 is 2.43 bits per heavy atom. The SMILES string of the molecule is Cc1cnc(CNCc2ccco2)s1. The monoisotopic (exact) mass is 208 g/mol. The van der Waals surface area contributed by atoms with Gasteiger partial charge in [-0.3, -0.25) is 0 Å². The van der Waals surface area contributed by atoms with Gasteiger partial charge in [-0.25, -0.2) is 4.98 Å². The highest BCUT2D eigenvalue weighted by atomic mass is 32.1. The molecule has 0 aliphatic carbocycles. The Morgan fingerprint density at radius 3 is 3.07 bits per heavy atom. The average Bonchev–Trinajstić information content (AvgIpc) is 2.77. The van der Waals surface area contributed by atoms with Crippen LogP contribution < -0.4 is 5.32 Å². The van der Waals surface area contributed by atoms with Crippen LogP contribution in [0.4, 0.5) is 0 Å². The van der Waals surface area contributed by atoms with Crippen LogP contribution in [0.5, 0.6) is 0 Å². The summed E-state index contributed by atoms with van der Waals surface area (Å²) in [5.41, 5.74) is 0. The predicted molar refractivity (Wildman–Crippen MR) is 56.1 cm³/mol. The van der Waals surface area contributed by atoms with E-state index in [0.717, 1.165) is 23.9 Å². The molecule has 0 aliphatic rings. The fourth-order valence-corrected chi connectivity index (χ4v) is 1.95. The second kappa shape index (κ2) is 4.39. The third-order valence-corrected chi connectivity index (χ3v) is 2.74. The Hall–Kier alpha value is -1.13. The fraction of sp³-hybridized carbons (Fsp3) is 0.300. The van der Waals surface area contributed by atoms with E-state index in [2.05, 4.69) is 17.2 Å². The van der Waals surface area contributed by atoms with Crippen molar-refractivity contribution in [3.05, 3.63) is 40.2 Å². The zero-order valence-electron chi connectivity index (χ0n) is 7.99. The predicted octanol–water partition coefficient (Wildman–Crippen LogP) is 2.33. The van der Waals surface area contributed by atoms with Crippen LogP contribution in [0.3, 0.4) is 0 Å². The molecule has 0 unspecified atom stereocenters. The van der Waals surface area contributed by atoms with Crippen LogP contribution in [0, 0.1) is 6.92 Å². The number of hydrogen-bond acceptors (Lipinski definition) is 4. The van der Waals surface area contributed by atoms with Crippen LogP contribution in [0.25, 0.3) is 0 Å². The van der Waals surface area contributed by atoms with Gasteiger partial charge in [-0.1, -0.05) is 0 Å². The van der Waals surface area contributed by atoms with Crippen molar-refractivity contribution in [2.75, 3.05) is 0 Å². The van der Waals surface area contributed by atoms with Gasteiger partial charge < -0.3 is 9.73 Å². The van der Waals surface area contributed by atoms with Gasteiger partial charge >= 0.3 is 0 Å². The molecule has 2 heterocycles. The summed E-state index contributed by atoms with van der Waals surface area (Å²) in [6.07, 6.45) is 3.58. The first-order valence-electron chi connectivity index (χ1n) is 4.49. The lowest BCUT2D eigenvalue weighted by atomic mass is 10.4. The van der Waals surface area contributed by atoms with Crippen LogP contribution in [-0.4, -0.2) is 4.98 Å². The molecule has 2 aromatic heterocycles. The normalized spacial score (nSPS) is 10.6. The van der Waals surface area contributed by atoms with Crippen molar-refractivity contribution in [2.24, 2.45) is 0 Å². The lowest BCUT2D eigenvalue weighted by Gasteiger charge is -1.98. The molecule has 0 atom stereocenters. The maximum atomic E-state index is 5.20. The van der Waals surface area contributed by atoms with Gasteiger partial charge in [-0.2, -0.15) is 0 Å². The number of aromatic nitrogens is 1. The van der Waals surface area contributed by atoms with Crippen molar-refractivity contribution < 1.29 is 4.42 Å². The molecule has 0 saturated carbocycles. The van der Waals surface area contributed by atoms with E-state index in [0.29, 0.717) is 0 Å². The molecule has 1 N–H and O–H groups in total. The zero-order chi connectivity index (χ0) is 9.80. The summed E-state index contributed by atoms with van der Waals surface area (Å²) >= 11 is 1.72. The minimum absolute atomic E-state index is 0.756. The Bertz CT molecular complexity index is 380. The zero-order valence-corrected chi connectivity index (χ0v) is 8.80. The standard InChI is InChI=1S/C10H12N2OS/c1-8-5-12-10(14-8)7-11-6-9-3-2-4-13-9/h2-5,11H,6-7H2,1H3. The van der Waals surface area contributed by atoms with E-state index in [-0.39, 0.29) is 0 Å². The molecule has 0 fully saturated rings. The lowest BCUT2D eigenvalue weighted by Crippen LogP contribution is -2.11. The molecule has 3 nitrogen and oxygen atoms in total. The number of rotatable bonds is 4. The molecule has 0 amide bonds. The Morgan fingerprint density at radius 1 is 1.50 bits per heavy atom. The van der Waals surface area contributed by atoms with E-state index in [9.17, 15) is 0 Å². The second-order valence-corrected chi connectivity index (χ2v) is 4.37. The molecular formula is C10H12N2OS. The molecular weight excluding hydrogens is 196 g/mol. The van der Waals surface area contributed by atoms with Crippen molar-refractivity contribution in [1.82, 2.24) is 10.3 Å². The maximum Gasteiger partial charge on any atom is 0.117 e. The molecule has 2 rings (SSSR count). The summed E-state index contributed by atoms with van der Waals surface area (Å²) in [4.78, 5) is 5.51. The number of hydrogen-bond donors (Lipinski definition) is 1. The molecule has 0 bridgehead atoms. The van der Waals surface area contributed by atoms with E-state index in [1.54, 1.807) is 17.6 Å². The van der Waals surface area contributed by atoms with Crippen molar-refractivity contribution in [3.8, 4) is 0 Å². The fourth-order valence-electron chi connectivity index (χ4n) is 1.19. The number of nitrogens with zero attached hydrogens (tertiary/aromatic N) is 1. The number of furan rings is 1. The summed E-state index contributed by atoms with van der Waals surface area (Å²) in [6, 6.07) is 3.85. The van der Waals surface area contributed by atoms with Crippen molar-refractivity contribution in [3.63, 3.8) is 0 Å². The number of aryl methyl sites for hydroxylation is 1. The molecule has 74 valence electrons. The summed E-state index contributed by atoms with van der Waals surface area (Å²) in [5.74, 6) is 0.957. The first kappa shape index (κ1) is 9.43. The summed E-state index contributed by atoms with van der Waals surface area (Å²) in [5, 5.41) is 4.39. The topological polar surface area (TPSA) is 38.1 Å². The van der Waals surface area contributed by atoms with E-state index < -0.39 is 0 Å². The van der Waals surface area contributed by atoms with E-state index in [1.807, 2.05) is 18.3 Å². The molecule has 0 spiro atoms. The van der Waals surface area contributed by atoms with Crippen LogP contribution >= 0.6 is 11.3 Å². The summed E-state index contributed by atoms with van der Waals surface area (Å²) in [6.45, 7) is 3.62. The smallest absolute Gasteiger partial charge is 0.117 e. The Balaban J connectivity index is 1.78. The molecule has 0 aliphatic heterocycles. The average molecular weight is 208 g/mol. The maximum absolute atomic E-state index is 5.20. The highest BCUT2D eigenvalue weighted by Gasteiger charge is 1.99. The third-order valence-electron chi connectivity index (χ3n) is 1.82. The molecule has 14 heavy (non-hydrogen) atoms. The minimum atomic E-state index is 0.756. The Kier molecular flexibility index (Phi) is 2.96. The molecule has 0 radical (unpaired) electrons. The third kappa shape index (κ3) is 2.43. The van der Waals surface area contributed by atoms with Gasteiger partial charge in [0.25, 0.3) is 0 Å². The molecule has 2 aromatic rings. The van der Waals surface area contributed by atoms with Crippen LogP contribution in [-0.2, 0) is 13.1 Å². The van der Waals surface area contributed by atoms with Crippen LogP contribution in [0.1, 0.15) is 15.6 Å². The molecule has 4 heteroatoms. The summed E-state index contributed by atoms with van der Waals surface area (Å²) in [7, 11) is 0. The van der Waals surface area contributed by atoms with E-state index in [1.165, 1.54) is 4.88 Å². The lowest BCUT2D eigenvalue weighted by molar-refractivity contribution is 0.483. The summed E-state index contributed by atoms with van der Waals surface area (Å²) < 4.78 is 5.20. The van der Waals surface area contributed by atoms with Crippen molar-refractivity contribution in [1.29, 1.82) is 0 Å². The highest BCUT2D eigenvalue weighted by molar-refractivity contribution is 7.11. The van der Waals surface area contributed by atoms with Gasteiger partial charge in [0.1, 0.15) is 10.8 Å². The van der Waals surface area contributed by atoms with Gasteiger partial charge in [-0.15, -0.1) is 11.3 Å². The second-order valence-electron chi connectivity index (χ2n) is 3.05. The van der Waals surface area contributed by atoms with Crippen LogP contribution in [0.2, 0.25) is 0 Å². The first-order valence-corrected chi connectivity index (χ1v) is 5.30. The van der Waals surface area contributed by atoms with Crippen molar-refractivity contribution >= 4 is 11.3 Å². The quantitative estimate of drug-likeness (QED) is 0.838. The van der Waals surface area contributed by atoms with Crippen LogP contribution in [0.15, 0.2) is 29.0 Å². The van der Waals surface area contributed by atoms with Gasteiger partial charge in [0.15, 0.2) is 0 Å². The van der Waals surface area contributed by atoms with Gasteiger partial charge in [0.2, 0.25) is 0 Å². The first-order chi connectivity index (χ1) is 6.84. The van der Waals surface area contributed by atoms with Gasteiger partial charge in [-0.05, 0) is 19.1 Å². The molecule has 0 saturated heterocycles. The number of nitrogens with one attached hydrogen (secondary N) is 1. The van der Waals surface area contributed by atoms with Gasteiger partial charge in [0, 0.05) is 17.6 Å². The van der Waals surface area contributed by atoms with E-state index >= 15 is 0 Å². The Labute approximate surface area is 86.8 Å². The largest absolute Gasteiger partial charge is 0.468 e. The van der Waals surface area contributed by atoms with Crippen molar-refractivity contribution in [2.45, 2.75) is 20.0 Å². The van der Waals surface area contributed by atoms with E-state index in [4.69, 9.17) is 4.42 Å². The number of thiazole rings is 1.